The van der Waals surface area contributed by atoms with Crippen LogP contribution in [0.5, 0.6) is 0 Å². The normalized spacial score (nSPS) is 11.1. The molecule has 15 heavy (non-hydrogen) atoms. The van der Waals surface area contributed by atoms with Crippen LogP contribution in [0.15, 0.2) is 23.3 Å². The zero-order valence-corrected chi connectivity index (χ0v) is 10.9. The molecule has 0 aromatic carbocycles. The predicted molar refractivity (Wildman–Crippen MR) is 64.8 cm³/mol. The molecule has 0 saturated heterocycles. The molecule has 0 atom stereocenters. The molecule has 0 aliphatic rings. The molecule has 0 aliphatic heterocycles. The minimum absolute atomic E-state index is 0.632. The summed E-state index contributed by atoms with van der Waals surface area (Å²) in [6, 6.07) is 0. The molecule has 88 valence electrons. The summed E-state index contributed by atoms with van der Waals surface area (Å²) in [6.07, 6.45) is 4.04. The molecule has 0 aromatic heterocycles. The average molecular weight is 212 g/mol. The molecule has 0 rings (SSSR count). The van der Waals surface area contributed by atoms with Gasteiger partial charge in [-0.15, -0.1) is 0 Å². The standard InChI is InChI=1S/C13H24O2/c1-7-14-13(15-8-2,9-11(3)4)10-12(5)6/h9-10H,7-8H2,1-6H3. The van der Waals surface area contributed by atoms with Crippen LogP contribution in [-0.2, 0) is 9.47 Å². The summed E-state index contributed by atoms with van der Waals surface area (Å²) in [6.45, 7) is 13.4. The molecule has 0 heterocycles. The van der Waals surface area contributed by atoms with Crippen LogP contribution in [0, 0.1) is 0 Å². The first-order chi connectivity index (χ1) is 6.95. The van der Waals surface area contributed by atoms with E-state index in [4.69, 9.17) is 9.47 Å². The van der Waals surface area contributed by atoms with Gasteiger partial charge in [0, 0.05) is 13.2 Å². The van der Waals surface area contributed by atoms with E-state index in [2.05, 4.69) is 0 Å². The van der Waals surface area contributed by atoms with Crippen molar-refractivity contribution in [2.75, 3.05) is 13.2 Å². The summed E-state index contributed by atoms with van der Waals surface area (Å²) < 4.78 is 11.4. The van der Waals surface area contributed by atoms with Gasteiger partial charge in [0.15, 0.2) is 0 Å². The van der Waals surface area contributed by atoms with Crippen LogP contribution in [0.3, 0.4) is 0 Å². The van der Waals surface area contributed by atoms with Crippen molar-refractivity contribution in [3.8, 4) is 0 Å². The Hall–Kier alpha value is -0.600. The number of hydrogen-bond donors (Lipinski definition) is 0. The van der Waals surface area contributed by atoms with Crippen molar-refractivity contribution >= 4 is 0 Å². The topological polar surface area (TPSA) is 18.5 Å². The zero-order valence-electron chi connectivity index (χ0n) is 10.9. The number of hydrogen-bond acceptors (Lipinski definition) is 2. The lowest BCUT2D eigenvalue weighted by molar-refractivity contribution is -0.166. The van der Waals surface area contributed by atoms with Crippen molar-refractivity contribution in [3.05, 3.63) is 23.3 Å². The van der Waals surface area contributed by atoms with Crippen LogP contribution >= 0.6 is 0 Å². The first-order valence-electron chi connectivity index (χ1n) is 5.55. The van der Waals surface area contributed by atoms with Gasteiger partial charge in [-0.2, -0.15) is 0 Å². The molecule has 0 unspecified atom stereocenters. The molecular formula is C13H24O2. The quantitative estimate of drug-likeness (QED) is 0.494. The molecular weight excluding hydrogens is 188 g/mol. The molecule has 0 fully saturated rings. The van der Waals surface area contributed by atoms with Gasteiger partial charge in [0.2, 0.25) is 5.79 Å². The molecule has 2 heteroatoms. The SMILES string of the molecule is CCOC(C=C(C)C)(C=C(C)C)OCC. The minimum atomic E-state index is -0.679. The molecule has 0 N–H and O–H groups in total. The van der Waals surface area contributed by atoms with Crippen molar-refractivity contribution in [2.24, 2.45) is 0 Å². The monoisotopic (exact) mass is 212 g/mol. The lowest BCUT2D eigenvalue weighted by atomic mass is 10.1. The molecule has 0 spiro atoms. The van der Waals surface area contributed by atoms with E-state index in [1.807, 2.05) is 53.7 Å². The molecule has 0 radical (unpaired) electrons. The first-order valence-corrected chi connectivity index (χ1v) is 5.55. The molecule has 2 nitrogen and oxygen atoms in total. The van der Waals surface area contributed by atoms with Crippen LogP contribution in [0.25, 0.3) is 0 Å². The highest BCUT2D eigenvalue weighted by Crippen LogP contribution is 2.21. The smallest absolute Gasteiger partial charge is 0.208 e. The highest BCUT2D eigenvalue weighted by atomic mass is 16.7. The second-order valence-corrected chi connectivity index (χ2v) is 4.03. The first kappa shape index (κ1) is 14.4. The fraction of sp³-hybridized carbons (Fsp3) is 0.692. The maximum Gasteiger partial charge on any atom is 0.208 e. The summed E-state index contributed by atoms with van der Waals surface area (Å²) in [5.41, 5.74) is 2.38. The van der Waals surface area contributed by atoms with Gasteiger partial charge in [0.05, 0.1) is 0 Å². The van der Waals surface area contributed by atoms with Crippen molar-refractivity contribution in [1.29, 1.82) is 0 Å². The Morgan fingerprint density at radius 3 is 1.40 bits per heavy atom. The Labute approximate surface area is 94.0 Å². The lowest BCUT2D eigenvalue weighted by Gasteiger charge is -2.28. The van der Waals surface area contributed by atoms with Crippen LogP contribution in [0.2, 0.25) is 0 Å². The van der Waals surface area contributed by atoms with E-state index in [9.17, 15) is 0 Å². The van der Waals surface area contributed by atoms with E-state index in [1.54, 1.807) is 0 Å². The third-order valence-corrected chi connectivity index (χ3v) is 1.72. The third-order valence-electron chi connectivity index (χ3n) is 1.72. The van der Waals surface area contributed by atoms with Crippen LogP contribution in [-0.4, -0.2) is 19.0 Å². The summed E-state index contributed by atoms with van der Waals surface area (Å²) in [5, 5.41) is 0. The van der Waals surface area contributed by atoms with Crippen molar-refractivity contribution in [2.45, 2.75) is 47.3 Å². The van der Waals surface area contributed by atoms with Gasteiger partial charge in [-0.05, 0) is 53.7 Å². The Bertz CT molecular complexity index is 205. The fourth-order valence-corrected chi connectivity index (χ4v) is 1.51. The van der Waals surface area contributed by atoms with Gasteiger partial charge in [-0.3, -0.25) is 0 Å². The highest BCUT2D eigenvalue weighted by molar-refractivity contribution is 5.16. The maximum absolute atomic E-state index is 5.72. The third kappa shape index (κ3) is 5.75. The van der Waals surface area contributed by atoms with Crippen LogP contribution in [0.4, 0.5) is 0 Å². The van der Waals surface area contributed by atoms with Crippen molar-refractivity contribution in [1.82, 2.24) is 0 Å². The second kappa shape index (κ2) is 6.81. The van der Waals surface area contributed by atoms with E-state index in [-0.39, 0.29) is 0 Å². The van der Waals surface area contributed by atoms with Gasteiger partial charge in [-0.1, -0.05) is 11.1 Å². The fourth-order valence-electron chi connectivity index (χ4n) is 1.51. The molecule has 0 amide bonds. The molecule has 0 aliphatic carbocycles. The van der Waals surface area contributed by atoms with Crippen molar-refractivity contribution in [3.63, 3.8) is 0 Å². The second-order valence-electron chi connectivity index (χ2n) is 4.03. The summed E-state index contributed by atoms with van der Waals surface area (Å²) in [5.74, 6) is -0.679. The summed E-state index contributed by atoms with van der Waals surface area (Å²) >= 11 is 0. The molecule has 0 saturated carbocycles. The average Bonchev–Trinajstić information content (AvgIpc) is 2.01. The Balaban J connectivity index is 5.06. The number of rotatable bonds is 6. The molecule has 0 bridgehead atoms. The van der Waals surface area contributed by atoms with E-state index < -0.39 is 5.79 Å². The van der Waals surface area contributed by atoms with E-state index in [0.717, 1.165) is 0 Å². The Kier molecular flexibility index (Phi) is 6.53. The highest BCUT2D eigenvalue weighted by Gasteiger charge is 2.25. The number of allylic oxidation sites excluding steroid dienone is 2. The van der Waals surface area contributed by atoms with Gasteiger partial charge >= 0.3 is 0 Å². The van der Waals surface area contributed by atoms with E-state index in [1.165, 1.54) is 11.1 Å². The van der Waals surface area contributed by atoms with E-state index >= 15 is 0 Å². The van der Waals surface area contributed by atoms with Crippen LogP contribution < -0.4 is 0 Å². The lowest BCUT2D eigenvalue weighted by Crippen LogP contribution is -2.32. The maximum atomic E-state index is 5.72. The largest absolute Gasteiger partial charge is 0.343 e. The summed E-state index contributed by atoms with van der Waals surface area (Å²) in [4.78, 5) is 0. The Morgan fingerprint density at radius 2 is 1.20 bits per heavy atom. The van der Waals surface area contributed by atoms with Gasteiger partial charge in [-0.25, -0.2) is 0 Å². The number of ether oxygens (including phenoxy) is 2. The van der Waals surface area contributed by atoms with Gasteiger partial charge in [0.25, 0.3) is 0 Å². The molecule has 0 aromatic rings. The summed E-state index contributed by atoms with van der Waals surface area (Å²) in [7, 11) is 0. The zero-order chi connectivity index (χ0) is 11.9. The predicted octanol–water partition coefficient (Wildman–Crippen LogP) is 3.69. The van der Waals surface area contributed by atoms with E-state index in [0.29, 0.717) is 13.2 Å². The minimum Gasteiger partial charge on any atom is -0.343 e. The van der Waals surface area contributed by atoms with Gasteiger partial charge in [0.1, 0.15) is 0 Å². The Morgan fingerprint density at radius 1 is 0.867 bits per heavy atom. The van der Waals surface area contributed by atoms with Crippen LogP contribution in [0.1, 0.15) is 41.5 Å². The van der Waals surface area contributed by atoms with Crippen molar-refractivity contribution < 1.29 is 9.47 Å². The van der Waals surface area contributed by atoms with Gasteiger partial charge < -0.3 is 9.47 Å².